The van der Waals surface area contributed by atoms with E-state index in [-0.39, 0.29) is 31.3 Å². The van der Waals surface area contributed by atoms with Crippen molar-refractivity contribution in [3.05, 3.63) is 11.8 Å². The van der Waals surface area contributed by atoms with Crippen LogP contribution in [0.3, 0.4) is 0 Å². The van der Waals surface area contributed by atoms with Gasteiger partial charge < -0.3 is 14.4 Å². The fraction of sp³-hybridized carbons (Fsp3) is 0.583. The van der Waals surface area contributed by atoms with E-state index in [1.807, 2.05) is 0 Å². The Morgan fingerprint density at radius 1 is 1.65 bits per heavy atom. The molecule has 0 saturated carbocycles. The number of aliphatic hydroxyl groups is 1. The summed E-state index contributed by atoms with van der Waals surface area (Å²) in [5.74, 6) is -0.545. The molecule has 0 spiro atoms. The van der Waals surface area contributed by atoms with Crippen LogP contribution < -0.4 is 5.32 Å². The van der Waals surface area contributed by atoms with Crippen molar-refractivity contribution in [1.29, 1.82) is 0 Å². The number of aliphatic hydroxyl groups excluding tert-OH is 1. The third-order valence-corrected chi connectivity index (χ3v) is 3.09. The summed E-state index contributed by atoms with van der Waals surface area (Å²) in [4.78, 5) is 25.0. The quantitative estimate of drug-likeness (QED) is 0.720. The lowest BCUT2D eigenvalue weighted by atomic mass is 10.2. The minimum Gasteiger partial charge on any atom is -0.468 e. The highest BCUT2D eigenvalue weighted by atomic mass is 16.5. The van der Waals surface area contributed by atoms with Crippen molar-refractivity contribution >= 4 is 17.8 Å². The van der Waals surface area contributed by atoms with Crippen LogP contribution in [0.5, 0.6) is 0 Å². The van der Waals surface area contributed by atoms with Crippen LogP contribution in [0.1, 0.15) is 12.1 Å². The normalized spacial score (nSPS) is 22.8. The molecule has 8 heteroatoms. The monoisotopic (exact) mass is 283 g/mol. The largest absolute Gasteiger partial charge is 0.468 e. The van der Waals surface area contributed by atoms with Crippen molar-refractivity contribution in [2.45, 2.75) is 25.5 Å². The topological polar surface area (TPSA) is 105 Å². The first-order valence-electron chi connectivity index (χ1n) is 6.22. The highest BCUT2D eigenvalue weighted by molar-refractivity contribution is 5.91. The molecule has 2 N–H and O–H groups in total. The molecule has 1 aliphatic heterocycles. The Morgan fingerprint density at radius 2 is 2.40 bits per heavy atom. The number of carbonyl (C=O) groups excluding carboxylic acids is 2. The number of aryl methyl sites for hydroxylation is 1. The number of rotatable bonds is 4. The van der Waals surface area contributed by atoms with Crippen molar-refractivity contribution < 1.29 is 24.0 Å². The zero-order valence-corrected chi connectivity index (χ0v) is 11.3. The Bertz CT molecular complexity index is 501. The van der Waals surface area contributed by atoms with E-state index in [0.29, 0.717) is 5.69 Å². The Labute approximate surface area is 115 Å². The molecule has 0 radical (unpaired) electrons. The van der Waals surface area contributed by atoms with Crippen molar-refractivity contribution in [2.75, 3.05) is 25.5 Å². The first-order chi connectivity index (χ1) is 9.49. The average molecular weight is 283 g/mol. The number of anilines is 1. The molecule has 1 saturated heterocycles. The van der Waals surface area contributed by atoms with Gasteiger partial charge in [0, 0.05) is 19.0 Å². The van der Waals surface area contributed by atoms with E-state index in [1.165, 1.54) is 7.11 Å². The number of carbonyl (C=O) groups is 2. The van der Waals surface area contributed by atoms with E-state index in [4.69, 9.17) is 4.52 Å². The predicted octanol–water partition coefficient (Wildman–Crippen LogP) is -0.470. The van der Waals surface area contributed by atoms with Gasteiger partial charge in [0.2, 0.25) is 11.8 Å². The van der Waals surface area contributed by atoms with Crippen molar-refractivity contribution in [2.24, 2.45) is 0 Å². The second-order valence-corrected chi connectivity index (χ2v) is 4.74. The summed E-state index contributed by atoms with van der Waals surface area (Å²) in [6, 6.07) is 0.992. The number of nitrogens with one attached hydrogen (secondary N) is 1. The van der Waals surface area contributed by atoms with Gasteiger partial charge in [0.15, 0.2) is 0 Å². The van der Waals surface area contributed by atoms with Gasteiger partial charge in [-0.2, -0.15) is 0 Å². The van der Waals surface area contributed by atoms with Crippen LogP contribution >= 0.6 is 0 Å². The molecular formula is C12H17N3O5. The van der Waals surface area contributed by atoms with E-state index in [2.05, 4.69) is 15.2 Å². The van der Waals surface area contributed by atoms with Gasteiger partial charge in [0.25, 0.3) is 0 Å². The van der Waals surface area contributed by atoms with Gasteiger partial charge in [-0.3, -0.25) is 19.8 Å². The zero-order chi connectivity index (χ0) is 14.7. The summed E-state index contributed by atoms with van der Waals surface area (Å²) in [7, 11) is 1.28. The number of amides is 1. The molecule has 8 nitrogen and oxygen atoms in total. The highest BCUT2D eigenvalue weighted by Gasteiger charge is 2.37. The Balaban J connectivity index is 1.94. The molecule has 1 aliphatic rings. The summed E-state index contributed by atoms with van der Waals surface area (Å²) >= 11 is 0. The number of esters is 1. The van der Waals surface area contributed by atoms with Crippen molar-refractivity contribution in [1.82, 2.24) is 10.1 Å². The second-order valence-electron chi connectivity index (χ2n) is 4.74. The van der Waals surface area contributed by atoms with E-state index >= 15 is 0 Å². The highest BCUT2D eigenvalue weighted by Crippen LogP contribution is 2.19. The fourth-order valence-electron chi connectivity index (χ4n) is 2.22. The number of nitrogens with zero attached hydrogens (tertiary/aromatic N) is 2. The molecule has 1 aromatic heterocycles. The molecule has 2 rings (SSSR count). The molecule has 2 unspecified atom stereocenters. The lowest BCUT2D eigenvalue weighted by Crippen LogP contribution is -2.41. The van der Waals surface area contributed by atoms with Crippen LogP contribution in [0.4, 0.5) is 5.88 Å². The van der Waals surface area contributed by atoms with Gasteiger partial charge in [-0.15, -0.1) is 0 Å². The van der Waals surface area contributed by atoms with Gasteiger partial charge in [0.05, 0.1) is 25.5 Å². The third-order valence-electron chi connectivity index (χ3n) is 3.09. The van der Waals surface area contributed by atoms with Gasteiger partial charge in [-0.25, -0.2) is 0 Å². The maximum Gasteiger partial charge on any atom is 0.323 e. The first-order valence-corrected chi connectivity index (χ1v) is 6.22. The second kappa shape index (κ2) is 6.02. The van der Waals surface area contributed by atoms with E-state index in [0.717, 1.165) is 0 Å². The fourth-order valence-corrected chi connectivity index (χ4v) is 2.22. The van der Waals surface area contributed by atoms with E-state index in [1.54, 1.807) is 17.9 Å². The Kier molecular flexibility index (Phi) is 4.35. The van der Waals surface area contributed by atoms with Crippen LogP contribution in [0, 0.1) is 6.92 Å². The molecule has 2 atom stereocenters. The number of aromatic nitrogens is 1. The van der Waals surface area contributed by atoms with Gasteiger partial charge in [-0.05, 0) is 6.92 Å². The number of β-amino-alcohol motifs (C(OH)–C–C–N with tert-alkyl or cyclic N) is 1. The number of likely N-dealkylation sites (tertiary alicyclic amines) is 1. The lowest BCUT2D eigenvalue weighted by molar-refractivity contribution is -0.146. The average Bonchev–Trinajstić information content (AvgIpc) is 2.94. The molecule has 110 valence electrons. The van der Waals surface area contributed by atoms with E-state index < -0.39 is 18.1 Å². The summed E-state index contributed by atoms with van der Waals surface area (Å²) < 4.78 is 9.54. The molecule has 1 aromatic rings. The molecule has 1 amide bonds. The summed E-state index contributed by atoms with van der Waals surface area (Å²) in [5.41, 5.74) is 0.657. The summed E-state index contributed by atoms with van der Waals surface area (Å²) in [5, 5.41) is 15.8. The van der Waals surface area contributed by atoms with Crippen LogP contribution in [-0.2, 0) is 14.3 Å². The van der Waals surface area contributed by atoms with Gasteiger partial charge in [0.1, 0.15) is 6.04 Å². The first kappa shape index (κ1) is 14.5. The standard InChI is InChI=1S/C12H17N3O5/c1-7-3-11(20-14-7)13-10(17)6-15-5-8(16)4-9(15)12(18)19-2/h3,8-9,16H,4-6H2,1-2H3,(H,13,17). The van der Waals surface area contributed by atoms with Crippen LogP contribution in [0.25, 0.3) is 0 Å². The third kappa shape index (κ3) is 3.34. The summed E-state index contributed by atoms with van der Waals surface area (Å²) in [6.45, 7) is 1.96. The minimum atomic E-state index is -0.639. The predicted molar refractivity (Wildman–Crippen MR) is 67.9 cm³/mol. The molecule has 1 fully saturated rings. The zero-order valence-electron chi connectivity index (χ0n) is 11.3. The van der Waals surface area contributed by atoms with Gasteiger partial charge >= 0.3 is 5.97 Å². The van der Waals surface area contributed by atoms with E-state index in [9.17, 15) is 14.7 Å². The number of ether oxygens (including phenoxy) is 1. The number of methoxy groups -OCH3 is 1. The number of hydrogen-bond donors (Lipinski definition) is 2. The van der Waals surface area contributed by atoms with Crippen LogP contribution in [0.2, 0.25) is 0 Å². The lowest BCUT2D eigenvalue weighted by Gasteiger charge is -2.20. The molecule has 20 heavy (non-hydrogen) atoms. The van der Waals surface area contributed by atoms with Crippen molar-refractivity contribution in [3.8, 4) is 0 Å². The summed E-state index contributed by atoms with van der Waals surface area (Å²) in [6.07, 6.45) is -0.374. The minimum absolute atomic E-state index is 0.0312. The maximum atomic E-state index is 11.9. The molecular weight excluding hydrogens is 266 g/mol. The SMILES string of the molecule is COC(=O)C1CC(O)CN1CC(=O)Nc1cc(C)no1. The Hall–Kier alpha value is -1.93. The molecule has 2 heterocycles. The molecule has 0 aromatic carbocycles. The maximum absolute atomic E-state index is 11.9. The molecule has 0 aliphatic carbocycles. The Morgan fingerprint density at radius 3 is 3.00 bits per heavy atom. The van der Waals surface area contributed by atoms with Gasteiger partial charge in [-0.1, -0.05) is 5.16 Å². The van der Waals surface area contributed by atoms with Crippen LogP contribution in [0.15, 0.2) is 10.6 Å². The number of hydrogen-bond acceptors (Lipinski definition) is 7. The van der Waals surface area contributed by atoms with Crippen LogP contribution in [-0.4, -0.2) is 59.4 Å². The smallest absolute Gasteiger partial charge is 0.323 e. The van der Waals surface area contributed by atoms with Crippen molar-refractivity contribution in [3.63, 3.8) is 0 Å². The molecule has 0 bridgehead atoms.